The minimum atomic E-state index is -4.05. The molecule has 2 N–H and O–H groups in total. The third-order valence-corrected chi connectivity index (χ3v) is 3.16. The van der Waals surface area contributed by atoms with Crippen molar-refractivity contribution in [2.75, 3.05) is 4.72 Å². The first kappa shape index (κ1) is 11.4. The molecule has 0 aliphatic rings. The Balaban J connectivity index is 2.86. The summed E-state index contributed by atoms with van der Waals surface area (Å²) < 4.78 is 29.0. The average molecular weight is 235 g/mol. The first-order valence-electron chi connectivity index (χ1n) is 3.87. The lowest BCUT2D eigenvalue weighted by atomic mass is 10.5. The summed E-state index contributed by atoms with van der Waals surface area (Å²) in [5, 5.41) is 10.3. The average Bonchev–Trinajstić information content (AvgIpc) is 2.48. The van der Waals surface area contributed by atoms with E-state index in [0.29, 0.717) is 0 Å². The zero-order valence-corrected chi connectivity index (χ0v) is 8.78. The molecule has 84 valence electrons. The summed E-state index contributed by atoms with van der Waals surface area (Å²) in [6.45, 7) is 2.54. The van der Waals surface area contributed by atoms with Crippen molar-refractivity contribution >= 4 is 22.0 Å². The van der Waals surface area contributed by atoms with Crippen LogP contribution >= 0.6 is 0 Å². The van der Waals surface area contributed by atoms with Gasteiger partial charge >= 0.3 is 12.0 Å². The second-order valence-corrected chi connectivity index (χ2v) is 4.78. The van der Waals surface area contributed by atoms with Crippen LogP contribution < -0.4 is 4.72 Å². The number of aromatic nitrogens is 2. The highest BCUT2D eigenvalue weighted by molar-refractivity contribution is 7.94. The Labute approximate surface area is 85.3 Å². The van der Waals surface area contributed by atoms with Crippen molar-refractivity contribution in [3.05, 3.63) is 5.82 Å². The van der Waals surface area contributed by atoms with Gasteiger partial charge in [-0.25, -0.2) is 13.1 Å². The van der Waals surface area contributed by atoms with Crippen molar-refractivity contribution < 1.29 is 22.8 Å². The van der Waals surface area contributed by atoms with E-state index >= 15 is 0 Å². The van der Waals surface area contributed by atoms with Crippen molar-refractivity contribution in [1.29, 1.82) is 0 Å². The molecule has 0 bridgehead atoms. The fourth-order valence-corrected chi connectivity index (χ4v) is 1.45. The number of hydrogen-bond donors (Lipinski definition) is 2. The first-order valence-corrected chi connectivity index (χ1v) is 5.42. The highest BCUT2D eigenvalue weighted by Gasteiger charge is 2.29. The summed E-state index contributed by atoms with van der Waals surface area (Å²) in [7, 11) is -4.05. The predicted molar refractivity (Wildman–Crippen MR) is 48.7 cm³/mol. The standard InChI is InChI=1S/C6H9N3O5S/c1-3(5(10)11)15(12,13)9-6-7-4(2)8-14-6/h3H,1-2H3,(H,10,11)(H,7,8,9). The van der Waals surface area contributed by atoms with Gasteiger partial charge in [0.25, 0.3) is 0 Å². The van der Waals surface area contributed by atoms with Gasteiger partial charge < -0.3 is 9.63 Å². The third kappa shape index (κ3) is 2.65. The summed E-state index contributed by atoms with van der Waals surface area (Å²) in [6, 6.07) is -0.347. The number of carbonyl (C=O) groups is 1. The lowest BCUT2D eigenvalue weighted by Crippen LogP contribution is -2.32. The minimum Gasteiger partial charge on any atom is -0.480 e. The van der Waals surface area contributed by atoms with Gasteiger partial charge in [-0.05, 0) is 13.8 Å². The quantitative estimate of drug-likeness (QED) is 0.727. The van der Waals surface area contributed by atoms with Crippen LogP contribution in [0, 0.1) is 6.92 Å². The highest BCUT2D eigenvalue weighted by Crippen LogP contribution is 2.09. The smallest absolute Gasteiger partial charge is 0.335 e. The molecule has 1 atom stereocenters. The Morgan fingerprint density at radius 1 is 1.60 bits per heavy atom. The molecule has 1 unspecified atom stereocenters. The number of rotatable bonds is 4. The molecule has 1 heterocycles. The highest BCUT2D eigenvalue weighted by atomic mass is 32.2. The van der Waals surface area contributed by atoms with E-state index in [0.717, 1.165) is 6.92 Å². The van der Waals surface area contributed by atoms with Gasteiger partial charge in [0, 0.05) is 0 Å². The Morgan fingerprint density at radius 3 is 2.60 bits per heavy atom. The van der Waals surface area contributed by atoms with Crippen LogP contribution in [0.5, 0.6) is 0 Å². The zero-order valence-electron chi connectivity index (χ0n) is 7.96. The van der Waals surface area contributed by atoms with Crippen LogP contribution in [0.1, 0.15) is 12.7 Å². The molecule has 15 heavy (non-hydrogen) atoms. The van der Waals surface area contributed by atoms with Gasteiger partial charge in [-0.2, -0.15) is 4.98 Å². The molecular weight excluding hydrogens is 226 g/mol. The summed E-state index contributed by atoms with van der Waals surface area (Å²) in [5.41, 5.74) is 0. The van der Waals surface area contributed by atoms with E-state index in [2.05, 4.69) is 14.7 Å². The van der Waals surface area contributed by atoms with E-state index in [4.69, 9.17) is 5.11 Å². The Kier molecular flexibility index (Phi) is 2.93. The van der Waals surface area contributed by atoms with Gasteiger partial charge in [-0.1, -0.05) is 5.16 Å². The molecule has 0 aliphatic heterocycles. The number of carboxylic acid groups (broad SMARTS) is 1. The fraction of sp³-hybridized carbons (Fsp3) is 0.500. The minimum absolute atomic E-state index is 0.246. The van der Waals surface area contributed by atoms with E-state index < -0.39 is 21.2 Å². The molecule has 0 radical (unpaired) electrons. The Bertz CT molecular complexity index is 465. The number of sulfonamides is 1. The summed E-state index contributed by atoms with van der Waals surface area (Å²) in [6.07, 6.45) is 0. The number of nitrogens with one attached hydrogen (secondary N) is 1. The number of aryl methyl sites for hydroxylation is 1. The number of aliphatic carboxylic acids is 1. The van der Waals surface area contributed by atoms with Crippen molar-refractivity contribution in [2.45, 2.75) is 19.1 Å². The van der Waals surface area contributed by atoms with E-state index in [1.165, 1.54) is 6.92 Å². The van der Waals surface area contributed by atoms with Crippen LogP contribution in [0.4, 0.5) is 6.01 Å². The van der Waals surface area contributed by atoms with Gasteiger partial charge in [0.2, 0.25) is 10.0 Å². The molecule has 1 aromatic rings. The maximum atomic E-state index is 11.3. The summed E-state index contributed by atoms with van der Waals surface area (Å²) in [4.78, 5) is 14.0. The predicted octanol–water partition coefficient (Wildman–Crippen LogP) is -0.407. The molecule has 0 amide bonds. The number of anilines is 1. The Morgan fingerprint density at radius 2 is 2.20 bits per heavy atom. The van der Waals surface area contributed by atoms with E-state index in [1.54, 1.807) is 0 Å². The maximum absolute atomic E-state index is 11.3. The van der Waals surface area contributed by atoms with Gasteiger partial charge in [0.1, 0.15) is 0 Å². The van der Waals surface area contributed by atoms with Crippen molar-refractivity contribution in [1.82, 2.24) is 10.1 Å². The Hall–Kier alpha value is -1.64. The number of carboxylic acids is 1. The second kappa shape index (κ2) is 3.85. The van der Waals surface area contributed by atoms with Gasteiger partial charge in [0.15, 0.2) is 11.1 Å². The summed E-state index contributed by atoms with van der Waals surface area (Å²) in [5.74, 6) is -1.21. The van der Waals surface area contributed by atoms with Gasteiger partial charge in [0.05, 0.1) is 0 Å². The van der Waals surface area contributed by atoms with E-state index in [1.807, 2.05) is 4.72 Å². The largest absolute Gasteiger partial charge is 0.480 e. The van der Waals surface area contributed by atoms with Crippen LogP contribution in [0.2, 0.25) is 0 Å². The molecule has 0 saturated carbocycles. The van der Waals surface area contributed by atoms with Crippen LogP contribution in [0.25, 0.3) is 0 Å². The van der Waals surface area contributed by atoms with Crippen LogP contribution in [0.15, 0.2) is 4.52 Å². The fourth-order valence-electron chi connectivity index (χ4n) is 0.681. The summed E-state index contributed by atoms with van der Waals surface area (Å²) >= 11 is 0. The second-order valence-electron chi connectivity index (χ2n) is 2.77. The lowest BCUT2D eigenvalue weighted by Gasteiger charge is -2.06. The van der Waals surface area contributed by atoms with Crippen molar-refractivity contribution in [2.24, 2.45) is 0 Å². The van der Waals surface area contributed by atoms with Gasteiger partial charge in [-0.15, -0.1) is 0 Å². The molecule has 0 saturated heterocycles. The molecule has 1 rings (SSSR count). The topological polar surface area (TPSA) is 122 Å². The SMILES string of the molecule is Cc1noc(NS(=O)(=O)C(C)C(=O)O)n1. The molecule has 9 heteroatoms. The molecule has 0 fully saturated rings. The molecule has 1 aromatic heterocycles. The molecule has 0 spiro atoms. The van der Waals surface area contributed by atoms with Gasteiger partial charge in [-0.3, -0.25) is 4.79 Å². The van der Waals surface area contributed by atoms with Crippen LogP contribution in [-0.4, -0.2) is 34.9 Å². The van der Waals surface area contributed by atoms with E-state index in [-0.39, 0.29) is 11.8 Å². The molecule has 8 nitrogen and oxygen atoms in total. The first-order chi connectivity index (χ1) is 6.83. The number of hydrogen-bond acceptors (Lipinski definition) is 6. The normalized spacial score (nSPS) is 13.5. The zero-order chi connectivity index (χ0) is 11.6. The lowest BCUT2D eigenvalue weighted by molar-refractivity contribution is -0.136. The van der Waals surface area contributed by atoms with Crippen LogP contribution in [0.3, 0.4) is 0 Å². The van der Waals surface area contributed by atoms with E-state index in [9.17, 15) is 13.2 Å². The monoisotopic (exact) mass is 235 g/mol. The maximum Gasteiger partial charge on any atom is 0.335 e. The number of nitrogens with zero attached hydrogens (tertiary/aromatic N) is 2. The molecule has 0 aliphatic carbocycles. The molecular formula is C6H9N3O5S. The van der Waals surface area contributed by atoms with Crippen molar-refractivity contribution in [3.8, 4) is 0 Å². The van der Waals surface area contributed by atoms with Crippen molar-refractivity contribution in [3.63, 3.8) is 0 Å². The van der Waals surface area contributed by atoms with Crippen LogP contribution in [-0.2, 0) is 14.8 Å². The third-order valence-electron chi connectivity index (χ3n) is 1.57. The molecule has 0 aromatic carbocycles.